The van der Waals surface area contributed by atoms with E-state index in [1.54, 1.807) is 6.92 Å². The molecule has 1 heterocycles. The van der Waals surface area contributed by atoms with Crippen molar-refractivity contribution in [3.63, 3.8) is 0 Å². The molecule has 0 atom stereocenters. The maximum absolute atomic E-state index is 11.8. The lowest BCUT2D eigenvalue weighted by atomic mass is 10.2. The second-order valence-electron chi connectivity index (χ2n) is 3.78. The van der Waals surface area contributed by atoms with Gasteiger partial charge in [0.15, 0.2) is 5.69 Å². The first kappa shape index (κ1) is 13.1. The number of amides is 1. The van der Waals surface area contributed by atoms with Gasteiger partial charge in [0.2, 0.25) is 0 Å². The molecule has 0 bridgehead atoms. The van der Waals surface area contributed by atoms with Gasteiger partial charge in [-0.25, -0.2) is 4.79 Å². The fourth-order valence-electron chi connectivity index (χ4n) is 1.44. The number of aromatic carboxylic acids is 1. The van der Waals surface area contributed by atoms with E-state index in [0.29, 0.717) is 11.4 Å². The molecule has 0 saturated carbocycles. The number of aryl methyl sites for hydroxylation is 1. The molecule has 1 aromatic carbocycles. The van der Waals surface area contributed by atoms with Gasteiger partial charge < -0.3 is 14.9 Å². The molecule has 98 valence electrons. The summed E-state index contributed by atoms with van der Waals surface area (Å²) in [7, 11) is 0. The predicted molar refractivity (Wildman–Crippen MR) is 67.6 cm³/mol. The van der Waals surface area contributed by atoms with Gasteiger partial charge in [-0.1, -0.05) is 16.8 Å². The first-order valence-electron chi connectivity index (χ1n) is 5.25. The number of nitrogens with zero attached hydrogens (tertiary/aromatic N) is 1. The quantitative estimate of drug-likeness (QED) is 0.901. The SMILES string of the molecule is Cc1cc(C(=O)Nc2ccc(Cl)c(C(=O)O)c2)no1. The highest BCUT2D eigenvalue weighted by Crippen LogP contribution is 2.21. The highest BCUT2D eigenvalue weighted by molar-refractivity contribution is 6.33. The highest BCUT2D eigenvalue weighted by Gasteiger charge is 2.14. The third-order valence-corrected chi connectivity index (χ3v) is 2.64. The number of nitrogens with one attached hydrogen (secondary N) is 1. The van der Waals surface area contributed by atoms with Crippen molar-refractivity contribution in [2.45, 2.75) is 6.92 Å². The number of carboxylic acid groups (broad SMARTS) is 1. The van der Waals surface area contributed by atoms with E-state index < -0.39 is 11.9 Å². The number of hydrogen-bond acceptors (Lipinski definition) is 4. The molecule has 2 N–H and O–H groups in total. The monoisotopic (exact) mass is 280 g/mol. The number of carbonyl (C=O) groups is 2. The average Bonchev–Trinajstić information content (AvgIpc) is 2.78. The van der Waals surface area contributed by atoms with Crippen molar-refractivity contribution >= 4 is 29.2 Å². The summed E-state index contributed by atoms with van der Waals surface area (Å²) in [6, 6.07) is 5.65. The first-order chi connectivity index (χ1) is 8.97. The van der Waals surface area contributed by atoms with E-state index in [1.165, 1.54) is 24.3 Å². The zero-order chi connectivity index (χ0) is 14.0. The van der Waals surface area contributed by atoms with E-state index in [0.717, 1.165) is 0 Å². The Kier molecular flexibility index (Phi) is 3.52. The Hall–Kier alpha value is -2.34. The van der Waals surface area contributed by atoms with Crippen LogP contribution in [-0.4, -0.2) is 22.1 Å². The smallest absolute Gasteiger partial charge is 0.337 e. The van der Waals surface area contributed by atoms with Crippen LogP contribution in [0.2, 0.25) is 5.02 Å². The number of carboxylic acids is 1. The number of aromatic nitrogens is 1. The third-order valence-electron chi connectivity index (χ3n) is 2.32. The molecule has 0 spiro atoms. The zero-order valence-electron chi connectivity index (χ0n) is 9.81. The molecular formula is C12H9ClN2O4. The van der Waals surface area contributed by atoms with Crippen molar-refractivity contribution in [3.05, 3.63) is 46.3 Å². The van der Waals surface area contributed by atoms with E-state index in [-0.39, 0.29) is 16.3 Å². The Bertz CT molecular complexity index is 651. The summed E-state index contributed by atoms with van der Waals surface area (Å²) in [4.78, 5) is 22.7. The van der Waals surface area contributed by atoms with Crippen molar-refractivity contribution in [3.8, 4) is 0 Å². The van der Waals surface area contributed by atoms with Crippen LogP contribution in [0.3, 0.4) is 0 Å². The Morgan fingerprint density at radius 2 is 2.11 bits per heavy atom. The van der Waals surface area contributed by atoms with Crippen molar-refractivity contribution in [1.29, 1.82) is 0 Å². The zero-order valence-corrected chi connectivity index (χ0v) is 10.6. The molecule has 1 amide bonds. The second kappa shape index (κ2) is 5.11. The van der Waals surface area contributed by atoms with Crippen LogP contribution in [0.15, 0.2) is 28.8 Å². The molecule has 0 aliphatic rings. The summed E-state index contributed by atoms with van der Waals surface area (Å²) in [5.74, 6) is -1.15. The van der Waals surface area contributed by atoms with E-state index in [2.05, 4.69) is 10.5 Å². The summed E-state index contributed by atoms with van der Waals surface area (Å²) in [6.45, 7) is 1.66. The van der Waals surface area contributed by atoms with Crippen LogP contribution in [-0.2, 0) is 0 Å². The van der Waals surface area contributed by atoms with E-state index in [1.807, 2.05) is 0 Å². The molecular weight excluding hydrogens is 272 g/mol. The fourth-order valence-corrected chi connectivity index (χ4v) is 1.63. The van der Waals surface area contributed by atoms with Crippen LogP contribution in [0, 0.1) is 6.92 Å². The number of rotatable bonds is 3. The molecule has 0 saturated heterocycles. The van der Waals surface area contributed by atoms with Gasteiger partial charge in [0, 0.05) is 11.8 Å². The number of benzene rings is 1. The Balaban J connectivity index is 2.22. The number of halogens is 1. The maximum atomic E-state index is 11.8. The summed E-state index contributed by atoms with van der Waals surface area (Å²) in [5.41, 5.74) is 0.340. The van der Waals surface area contributed by atoms with Gasteiger partial charge in [0.1, 0.15) is 5.76 Å². The Labute approximate surface area is 113 Å². The number of carbonyl (C=O) groups excluding carboxylic acids is 1. The van der Waals surface area contributed by atoms with Crippen molar-refractivity contribution in [2.75, 3.05) is 5.32 Å². The first-order valence-corrected chi connectivity index (χ1v) is 5.62. The Morgan fingerprint density at radius 3 is 2.68 bits per heavy atom. The van der Waals surface area contributed by atoms with E-state index in [4.69, 9.17) is 21.2 Å². The molecule has 0 fully saturated rings. The number of hydrogen-bond donors (Lipinski definition) is 2. The molecule has 2 rings (SSSR count). The summed E-state index contributed by atoms with van der Waals surface area (Å²) >= 11 is 5.73. The molecule has 6 nitrogen and oxygen atoms in total. The molecule has 1 aromatic heterocycles. The molecule has 7 heteroatoms. The van der Waals surface area contributed by atoms with Crippen molar-refractivity contribution in [1.82, 2.24) is 5.16 Å². The van der Waals surface area contributed by atoms with Crippen LogP contribution in [0.1, 0.15) is 26.6 Å². The van der Waals surface area contributed by atoms with Crippen LogP contribution < -0.4 is 5.32 Å². The van der Waals surface area contributed by atoms with E-state index in [9.17, 15) is 9.59 Å². The normalized spacial score (nSPS) is 10.2. The van der Waals surface area contributed by atoms with Crippen LogP contribution in [0.25, 0.3) is 0 Å². The largest absolute Gasteiger partial charge is 0.478 e. The van der Waals surface area contributed by atoms with Gasteiger partial charge in [-0.15, -0.1) is 0 Å². The molecule has 0 aliphatic carbocycles. The lowest BCUT2D eigenvalue weighted by molar-refractivity contribution is 0.0696. The minimum Gasteiger partial charge on any atom is -0.478 e. The topological polar surface area (TPSA) is 92.4 Å². The molecule has 2 aromatic rings. The van der Waals surface area contributed by atoms with Crippen LogP contribution in [0.4, 0.5) is 5.69 Å². The van der Waals surface area contributed by atoms with Gasteiger partial charge in [-0.05, 0) is 25.1 Å². The molecule has 0 unspecified atom stereocenters. The van der Waals surface area contributed by atoms with Gasteiger partial charge >= 0.3 is 5.97 Å². The molecule has 0 radical (unpaired) electrons. The fraction of sp³-hybridized carbons (Fsp3) is 0.0833. The molecule has 0 aliphatic heterocycles. The summed E-state index contributed by atoms with van der Waals surface area (Å²) < 4.78 is 4.78. The van der Waals surface area contributed by atoms with Gasteiger partial charge in [-0.2, -0.15) is 0 Å². The van der Waals surface area contributed by atoms with Crippen molar-refractivity contribution < 1.29 is 19.2 Å². The van der Waals surface area contributed by atoms with Gasteiger partial charge in [-0.3, -0.25) is 4.79 Å². The molecule has 19 heavy (non-hydrogen) atoms. The second-order valence-corrected chi connectivity index (χ2v) is 4.18. The summed E-state index contributed by atoms with van der Waals surface area (Å²) in [5, 5.41) is 15.1. The van der Waals surface area contributed by atoms with Gasteiger partial charge in [0.25, 0.3) is 5.91 Å². The maximum Gasteiger partial charge on any atom is 0.337 e. The van der Waals surface area contributed by atoms with Crippen LogP contribution in [0.5, 0.6) is 0 Å². The average molecular weight is 281 g/mol. The minimum absolute atomic E-state index is 0.0872. The van der Waals surface area contributed by atoms with Gasteiger partial charge in [0.05, 0.1) is 10.6 Å². The lowest BCUT2D eigenvalue weighted by Crippen LogP contribution is -2.12. The van der Waals surface area contributed by atoms with Crippen molar-refractivity contribution in [2.24, 2.45) is 0 Å². The standard InChI is InChI=1S/C12H9ClN2O4/c1-6-4-10(15-19-6)11(16)14-7-2-3-9(13)8(5-7)12(17)18/h2-5H,1H3,(H,14,16)(H,17,18). The number of anilines is 1. The third kappa shape index (κ3) is 2.92. The van der Waals surface area contributed by atoms with E-state index >= 15 is 0 Å². The predicted octanol–water partition coefficient (Wildman–Crippen LogP) is 2.59. The summed E-state index contributed by atoms with van der Waals surface area (Å²) in [6.07, 6.45) is 0. The minimum atomic E-state index is -1.17. The Morgan fingerprint density at radius 1 is 1.37 bits per heavy atom. The lowest BCUT2D eigenvalue weighted by Gasteiger charge is -2.05. The van der Waals surface area contributed by atoms with Crippen LogP contribution >= 0.6 is 11.6 Å². The highest BCUT2D eigenvalue weighted by atomic mass is 35.5.